The minimum atomic E-state index is -0.672. The molecule has 6 nitrogen and oxygen atoms in total. The van der Waals surface area contributed by atoms with Crippen LogP contribution in [0.15, 0.2) is 75.8 Å². The molecule has 1 heterocycles. The molecule has 2 N–H and O–H groups in total. The van der Waals surface area contributed by atoms with E-state index in [4.69, 9.17) is 19.9 Å². The third-order valence-corrected chi connectivity index (χ3v) is 4.89. The standard InChI is InChI=1S/C22H19BrN2O4/c1-3-27-22(26)19-13(2)28-21(25)18(12-24)20(19)14-4-8-16(9-5-14)29-17-10-6-15(23)7-11-17/h4-11,20H,3,25H2,1-2H3. The topological polar surface area (TPSA) is 94.6 Å². The molecule has 7 heteroatoms. The molecule has 1 atom stereocenters. The van der Waals surface area contributed by atoms with Crippen molar-refractivity contribution in [1.82, 2.24) is 0 Å². The number of carbonyl (C=O) groups is 1. The first-order valence-corrected chi connectivity index (χ1v) is 9.72. The molecule has 0 saturated carbocycles. The maximum atomic E-state index is 12.5. The lowest BCUT2D eigenvalue weighted by atomic mass is 9.83. The van der Waals surface area contributed by atoms with Crippen LogP contribution in [0.25, 0.3) is 0 Å². The summed E-state index contributed by atoms with van der Waals surface area (Å²) in [6.45, 7) is 3.56. The summed E-state index contributed by atoms with van der Waals surface area (Å²) in [5.74, 6) is 0.409. The van der Waals surface area contributed by atoms with Crippen LogP contribution in [-0.4, -0.2) is 12.6 Å². The molecule has 0 aromatic heterocycles. The van der Waals surface area contributed by atoms with Crippen molar-refractivity contribution in [3.8, 4) is 17.6 Å². The van der Waals surface area contributed by atoms with Crippen molar-refractivity contribution in [2.45, 2.75) is 19.8 Å². The van der Waals surface area contributed by atoms with Gasteiger partial charge in [0.15, 0.2) is 0 Å². The fraction of sp³-hybridized carbons (Fsp3) is 0.182. The minimum absolute atomic E-state index is 0.0155. The minimum Gasteiger partial charge on any atom is -0.463 e. The lowest BCUT2D eigenvalue weighted by molar-refractivity contribution is -0.139. The van der Waals surface area contributed by atoms with E-state index in [9.17, 15) is 10.1 Å². The van der Waals surface area contributed by atoms with E-state index in [1.165, 1.54) is 0 Å². The third-order valence-electron chi connectivity index (χ3n) is 4.36. The number of hydrogen-bond donors (Lipinski definition) is 1. The molecule has 0 spiro atoms. The van der Waals surface area contributed by atoms with Gasteiger partial charge in [-0.25, -0.2) is 4.79 Å². The molecule has 29 heavy (non-hydrogen) atoms. The van der Waals surface area contributed by atoms with Crippen molar-refractivity contribution >= 4 is 21.9 Å². The van der Waals surface area contributed by atoms with Crippen molar-refractivity contribution in [2.24, 2.45) is 5.73 Å². The summed E-state index contributed by atoms with van der Waals surface area (Å²) in [5.41, 5.74) is 7.05. The highest BCUT2D eigenvalue weighted by Gasteiger charge is 2.36. The Morgan fingerprint density at radius 3 is 2.31 bits per heavy atom. The first-order valence-electron chi connectivity index (χ1n) is 8.93. The van der Waals surface area contributed by atoms with Gasteiger partial charge in [-0.1, -0.05) is 28.1 Å². The van der Waals surface area contributed by atoms with Crippen molar-refractivity contribution in [3.63, 3.8) is 0 Å². The highest BCUT2D eigenvalue weighted by atomic mass is 79.9. The van der Waals surface area contributed by atoms with Crippen LogP contribution in [-0.2, 0) is 14.3 Å². The zero-order valence-electron chi connectivity index (χ0n) is 15.9. The maximum Gasteiger partial charge on any atom is 0.338 e. The van der Waals surface area contributed by atoms with Gasteiger partial charge >= 0.3 is 5.97 Å². The van der Waals surface area contributed by atoms with Gasteiger partial charge in [0, 0.05) is 4.47 Å². The molecular formula is C22H19BrN2O4. The SMILES string of the molecule is CCOC(=O)C1=C(C)OC(N)=C(C#N)C1c1ccc(Oc2ccc(Br)cc2)cc1. The van der Waals surface area contributed by atoms with Crippen LogP contribution in [0.5, 0.6) is 11.5 Å². The molecule has 2 aromatic carbocycles. The lowest BCUT2D eigenvalue weighted by Crippen LogP contribution is -2.25. The van der Waals surface area contributed by atoms with Crippen LogP contribution in [0.2, 0.25) is 0 Å². The molecule has 3 rings (SSSR count). The van der Waals surface area contributed by atoms with Crippen molar-refractivity contribution in [1.29, 1.82) is 5.26 Å². The largest absolute Gasteiger partial charge is 0.463 e. The molecule has 0 radical (unpaired) electrons. The Bertz CT molecular complexity index is 1020. The molecule has 1 aliphatic rings. The average Bonchev–Trinajstić information content (AvgIpc) is 2.70. The molecule has 1 unspecified atom stereocenters. The molecule has 1 aliphatic heterocycles. The summed E-state index contributed by atoms with van der Waals surface area (Å²) in [5, 5.41) is 9.61. The van der Waals surface area contributed by atoms with E-state index in [1.807, 2.05) is 24.3 Å². The van der Waals surface area contributed by atoms with Gasteiger partial charge in [0.05, 0.1) is 18.1 Å². The number of nitrogens with two attached hydrogens (primary N) is 1. The highest BCUT2D eigenvalue weighted by Crippen LogP contribution is 2.40. The normalized spacial score (nSPS) is 16.1. The predicted octanol–water partition coefficient (Wildman–Crippen LogP) is 4.89. The Morgan fingerprint density at radius 1 is 1.17 bits per heavy atom. The van der Waals surface area contributed by atoms with Gasteiger partial charge in [-0.15, -0.1) is 0 Å². The maximum absolute atomic E-state index is 12.5. The second kappa shape index (κ2) is 8.84. The number of nitrogens with zero attached hydrogens (tertiary/aromatic N) is 1. The summed E-state index contributed by atoms with van der Waals surface area (Å²) >= 11 is 3.39. The number of benzene rings is 2. The number of halogens is 1. The molecule has 0 saturated heterocycles. The predicted molar refractivity (Wildman–Crippen MR) is 111 cm³/mol. The monoisotopic (exact) mass is 454 g/mol. The third kappa shape index (κ3) is 4.44. The summed E-state index contributed by atoms with van der Waals surface area (Å²) in [7, 11) is 0. The smallest absolute Gasteiger partial charge is 0.338 e. The van der Waals surface area contributed by atoms with Crippen molar-refractivity contribution in [2.75, 3.05) is 6.61 Å². The summed E-state index contributed by atoms with van der Waals surface area (Å²) in [6.07, 6.45) is 0. The van der Waals surface area contributed by atoms with Crippen molar-refractivity contribution < 1.29 is 19.0 Å². The number of hydrogen-bond acceptors (Lipinski definition) is 6. The van der Waals surface area contributed by atoms with Crippen molar-refractivity contribution in [3.05, 3.63) is 81.4 Å². The van der Waals surface area contributed by atoms with Gasteiger partial charge in [-0.2, -0.15) is 5.26 Å². The lowest BCUT2D eigenvalue weighted by Gasteiger charge is -2.26. The fourth-order valence-corrected chi connectivity index (χ4v) is 3.32. The number of rotatable bonds is 5. The molecule has 0 amide bonds. The number of nitriles is 1. The van der Waals surface area contributed by atoms with Gasteiger partial charge in [0.1, 0.15) is 28.9 Å². The summed E-state index contributed by atoms with van der Waals surface area (Å²) < 4.78 is 17.4. The Hall–Kier alpha value is -3.24. The van der Waals surface area contributed by atoms with Crippen LogP contribution in [0.1, 0.15) is 25.3 Å². The van der Waals surface area contributed by atoms with E-state index < -0.39 is 11.9 Å². The Kier molecular flexibility index (Phi) is 6.25. The van der Waals surface area contributed by atoms with E-state index in [0.717, 1.165) is 4.47 Å². The molecule has 148 valence electrons. The highest BCUT2D eigenvalue weighted by molar-refractivity contribution is 9.10. The van der Waals surface area contributed by atoms with Gasteiger partial charge in [-0.3, -0.25) is 0 Å². The van der Waals surface area contributed by atoms with E-state index in [0.29, 0.717) is 22.8 Å². The molecular weight excluding hydrogens is 436 g/mol. The summed E-state index contributed by atoms with van der Waals surface area (Å²) in [6, 6.07) is 16.7. The first kappa shape index (κ1) is 20.5. The van der Waals surface area contributed by atoms with Crippen LogP contribution in [0.3, 0.4) is 0 Å². The van der Waals surface area contributed by atoms with E-state index >= 15 is 0 Å². The van der Waals surface area contributed by atoms with Gasteiger partial charge < -0.3 is 19.9 Å². The van der Waals surface area contributed by atoms with Crippen LogP contribution < -0.4 is 10.5 Å². The van der Waals surface area contributed by atoms with E-state index in [-0.39, 0.29) is 23.6 Å². The Morgan fingerprint density at radius 2 is 1.76 bits per heavy atom. The zero-order chi connectivity index (χ0) is 21.0. The quantitative estimate of drug-likeness (QED) is 0.646. The Labute approximate surface area is 177 Å². The first-order chi connectivity index (χ1) is 13.9. The molecule has 0 aliphatic carbocycles. The average molecular weight is 455 g/mol. The number of allylic oxidation sites excluding steroid dienone is 2. The fourth-order valence-electron chi connectivity index (χ4n) is 3.06. The zero-order valence-corrected chi connectivity index (χ0v) is 17.5. The van der Waals surface area contributed by atoms with Gasteiger partial charge in [-0.05, 0) is 55.8 Å². The number of ether oxygens (including phenoxy) is 3. The van der Waals surface area contributed by atoms with Gasteiger partial charge in [0.2, 0.25) is 5.88 Å². The molecule has 2 aromatic rings. The molecule has 0 fully saturated rings. The van der Waals surface area contributed by atoms with Crippen LogP contribution >= 0.6 is 15.9 Å². The van der Waals surface area contributed by atoms with E-state index in [2.05, 4.69) is 22.0 Å². The molecule has 0 bridgehead atoms. The Balaban J connectivity index is 1.94. The van der Waals surface area contributed by atoms with Gasteiger partial charge in [0.25, 0.3) is 0 Å². The van der Waals surface area contributed by atoms with Crippen LogP contribution in [0.4, 0.5) is 0 Å². The number of carbonyl (C=O) groups excluding carboxylic acids is 1. The van der Waals surface area contributed by atoms with Crippen LogP contribution in [0, 0.1) is 11.3 Å². The number of esters is 1. The second-order valence-corrected chi connectivity index (χ2v) is 7.16. The van der Waals surface area contributed by atoms with E-state index in [1.54, 1.807) is 38.1 Å². The summed E-state index contributed by atoms with van der Waals surface area (Å²) in [4.78, 5) is 12.5. The second-order valence-electron chi connectivity index (χ2n) is 6.24.